The molecule has 24 heavy (non-hydrogen) atoms. The molecule has 4 rings (SSSR count). The first-order valence-electron chi connectivity index (χ1n) is 8.14. The molecule has 1 saturated carbocycles. The maximum atomic E-state index is 4.75. The van der Waals surface area contributed by atoms with E-state index in [4.69, 9.17) is 4.63 Å². The van der Waals surface area contributed by atoms with Crippen LogP contribution in [0.15, 0.2) is 10.0 Å². The minimum atomic E-state index is 0.0192. The van der Waals surface area contributed by atoms with Gasteiger partial charge in [-0.3, -0.25) is 0 Å². The molecule has 1 aliphatic carbocycles. The quantitative estimate of drug-likeness (QED) is 0.726. The van der Waals surface area contributed by atoms with E-state index in [1.54, 1.807) is 11.3 Å². The number of hydrogen-bond donors (Lipinski definition) is 2. The largest absolute Gasteiger partial charge is 0.364 e. The standard InChI is InChI=1S/C15H19N7OS/c1-8(11-7-24-9(2)17-11)16-12-13(18-10-5-3-4-6-10)20-15-14(19-12)21-23-22-15/h7-8,10H,3-6H2,1-2H3,(H,16,19,21)(H,18,20,22). The summed E-state index contributed by atoms with van der Waals surface area (Å²) in [5.74, 6) is 1.35. The topological polar surface area (TPSA) is 102 Å². The summed E-state index contributed by atoms with van der Waals surface area (Å²) >= 11 is 1.64. The molecule has 126 valence electrons. The van der Waals surface area contributed by atoms with Gasteiger partial charge in [-0.05, 0) is 37.0 Å². The molecule has 1 aliphatic rings. The molecule has 1 unspecified atom stereocenters. The Hall–Kier alpha value is -2.29. The van der Waals surface area contributed by atoms with Gasteiger partial charge >= 0.3 is 0 Å². The predicted molar refractivity (Wildman–Crippen MR) is 92.2 cm³/mol. The van der Waals surface area contributed by atoms with Crippen molar-refractivity contribution in [2.45, 2.75) is 51.6 Å². The molecule has 2 N–H and O–H groups in total. The number of aromatic nitrogens is 5. The number of hydrogen-bond acceptors (Lipinski definition) is 9. The molecule has 1 fully saturated rings. The maximum Gasteiger partial charge on any atom is 0.245 e. The van der Waals surface area contributed by atoms with Gasteiger partial charge in [0.05, 0.1) is 16.7 Å². The average molecular weight is 345 g/mol. The highest BCUT2D eigenvalue weighted by atomic mass is 32.1. The third kappa shape index (κ3) is 3.03. The van der Waals surface area contributed by atoms with Crippen molar-refractivity contribution in [2.24, 2.45) is 0 Å². The van der Waals surface area contributed by atoms with Crippen molar-refractivity contribution in [3.05, 3.63) is 16.1 Å². The van der Waals surface area contributed by atoms with Crippen molar-refractivity contribution < 1.29 is 4.63 Å². The molecule has 0 spiro atoms. The van der Waals surface area contributed by atoms with Crippen LogP contribution in [0, 0.1) is 6.92 Å². The highest BCUT2D eigenvalue weighted by Crippen LogP contribution is 2.28. The Balaban J connectivity index is 1.63. The van der Waals surface area contributed by atoms with E-state index >= 15 is 0 Å². The van der Waals surface area contributed by atoms with Gasteiger partial charge in [-0.1, -0.05) is 12.8 Å². The van der Waals surface area contributed by atoms with Crippen LogP contribution in [0.3, 0.4) is 0 Å². The van der Waals surface area contributed by atoms with E-state index < -0.39 is 0 Å². The Kier molecular flexibility index (Phi) is 4.01. The summed E-state index contributed by atoms with van der Waals surface area (Å²) in [6.45, 7) is 4.06. The fraction of sp³-hybridized carbons (Fsp3) is 0.533. The molecule has 3 heterocycles. The third-order valence-electron chi connectivity index (χ3n) is 4.24. The lowest BCUT2D eigenvalue weighted by Crippen LogP contribution is -2.19. The zero-order valence-corrected chi connectivity index (χ0v) is 14.4. The van der Waals surface area contributed by atoms with E-state index in [2.05, 4.69) is 48.2 Å². The number of nitrogens with zero attached hydrogens (tertiary/aromatic N) is 5. The van der Waals surface area contributed by atoms with Crippen molar-refractivity contribution >= 4 is 34.3 Å². The van der Waals surface area contributed by atoms with Crippen LogP contribution in [0.4, 0.5) is 11.6 Å². The lowest BCUT2D eigenvalue weighted by molar-refractivity contribution is 0.314. The Bertz CT molecular complexity index is 839. The van der Waals surface area contributed by atoms with Gasteiger partial charge in [0, 0.05) is 11.4 Å². The lowest BCUT2D eigenvalue weighted by atomic mass is 10.2. The minimum Gasteiger partial charge on any atom is -0.364 e. The third-order valence-corrected chi connectivity index (χ3v) is 5.04. The van der Waals surface area contributed by atoms with E-state index in [0.717, 1.165) is 23.5 Å². The smallest absolute Gasteiger partial charge is 0.245 e. The van der Waals surface area contributed by atoms with Crippen molar-refractivity contribution in [3.8, 4) is 0 Å². The van der Waals surface area contributed by atoms with Crippen LogP contribution in [-0.4, -0.2) is 31.3 Å². The Morgan fingerprint density at radius 2 is 1.83 bits per heavy atom. The zero-order valence-electron chi connectivity index (χ0n) is 13.6. The number of fused-ring (bicyclic) bond motifs is 1. The van der Waals surface area contributed by atoms with Gasteiger partial charge in [-0.25, -0.2) is 19.6 Å². The number of nitrogens with one attached hydrogen (secondary N) is 2. The predicted octanol–water partition coefficient (Wildman–Crippen LogP) is 3.31. The van der Waals surface area contributed by atoms with Crippen LogP contribution < -0.4 is 10.6 Å². The number of thiazole rings is 1. The number of anilines is 2. The van der Waals surface area contributed by atoms with E-state index in [9.17, 15) is 0 Å². The molecule has 0 saturated heterocycles. The number of rotatable bonds is 5. The van der Waals surface area contributed by atoms with Crippen molar-refractivity contribution in [3.63, 3.8) is 0 Å². The molecule has 0 amide bonds. The van der Waals surface area contributed by atoms with Crippen LogP contribution in [0.1, 0.15) is 49.4 Å². The molecule has 8 nitrogen and oxygen atoms in total. The Labute approximate surface area is 143 Å². The second kappa shape index (κ2) is 6.31. The first-order chi connectivity index (χ1) is 11.7. The summed E-state index contributed by atoms with van der Waals surface area (Å²) in [4.78, 5) is 13.6. The fourth-order valence-electron chi connectivity index (χ4n) is 2.96. The summed E-state index contributed by atoms with van der Waals surface area (Å²) in [5.41, 5.74) is 1.80. The maximum absolute atomic E-state index is 4.75. The second-order valence-electron chi connectivity index (χ2n) is 6.12. The van der Waals surface area contributed by atoms with Crippen LogP contribution in [0.5, 0.6) is 0 Å². The molecule has 3 aromatic heterocycles. The molecule has 0 aliphatic heterocycles. The van der Waals surface area contributed by atoms with E-state index in [1.165, 1.54) is 12.8 Å². The molecule has 1 atom stereocenters. The summed E-state index contributed by atoms with van der Waals surface area (Å²) in [6.07, 6.45) is 4.79. The van der Waals surface area contributed by atoms with Gasteiger partial charge in [0.15, 0.2) is 11.6 Å². The lowest BCUT2D eigenvalue weighted by Gasteiger charge is -2.18. The van der Waals surface area contributed by atoms with Crippen molar-refractivity contribution in [1.82, 2.24) is 25.3 Å². The Morgan fingerprint density at radius 3 is 2.50 bits per heavy atom. The summed E-state index contributed by atoms with van der Waals surface area (Å²) in [7, 11) is 0. The van der Waals surface area contributed by atoms with Crippen LogP contribution in [-0.2, 0) is 0 Å². The molecular weight excluding hydrogens is 326 g/mol. The highest BCUT2D eigenvalue weighted by Gasteiger charge is 2.21. The van der Waals surface area contributed by atoms with Gasteiger partial charge < -0.3 is 10.6 Å². The molecule has 0 aromatic carbocycles. The Morgan fingerprint density at radius 1 is 1.12 bits per heavy atom. The van der Waals surface area contributed by atoms with Gasteiger partial charge in [-0.15, -0.1) is 11.3 Å². The van der Waals surface area contributed by atoms with E-state index in [-0.39, 0.29) is 6.04 Å². The first kappa shape index (κ1) is 15.3. The molecule has 0 radical (unpaired) electrons. The normalized spacial score (nSPS) is 16.6. The SMILES string of the molecule is Cc1nc(C(C)Nc2nc3nonc3nc2NC2CCCC2)cs1. The van der Waals surface area contributed by atoms with Crippen molar-refractivity contribution in [2.75, 3.05) is 10.6 Å². The van der Waals surface area contributed by atoms with Crippen molar-refractivity contribution in [1.29, 1.82) is 0 Å². The highest BCUT2D eigenvalue weighted by molar-refractivity contribution is 7.09. The monoisotopic (exact) mass is 345 g/mol. The van der Waals surface area contributed by atoms with Gasteiger partial charge in [0.2, 0.25) is 11.3 Å². The number of aryl methyl sites for hydroxylation is 1. The van der Waals surface area contributed by atoms with E-state index in [0.29, 0.717) is 29.0 Å². The van der Waals surface area contributed by atoms with Gasteiger partial charge in [0.1, 0.15) is 0 Å². The van der Waals surface area contributed by atoms with E-state index in [1.807, 2.05) is 6.92 Å². The van der Waals surface area contributed by atoms with Crippen LogP contribution >= 0.6 is 11.3 Å². The molecular formula is C15H19N7OS. The first-order valence-corrected chi connectivity index (χ1v) is 9.02. The summed E-state index contributed by atoms with van der Waals surface area (Å²) in [6, 6.07) is 0.444. The molecule has 3 aromatic rings. The van der Waals surface area contributed by atoms with Gasteiger partial charge in [0.25, 0.3) is 0 Å². The summed E-state index contributed by atoms with van der Waals surface area (Å²) < 4.78 is 4.75. The summed E-state index contributed by atoms with van der Waals surface area (Å²) in [5, 5.41) is 17.6. The van der Waals surface area contributed by atoms with Gasteiger partial charge in [-0.2, -0.15) is 0 Å². The van der Waals surface area contributed by atoms with Crippen LogP contribution in [0.2, 0.25) is 0 Å². The zero-order chi connectivity index (χ0) is 16.5. The fourth-order valence-corrected chi connectivity index (χ4v) is 3.67. The van der Waals surface area contributed by atoms with Crippen LogP contribution in [0.25, 0.3) is 11.3 Å². The molecule has 0 bridgehead atoms. The minimum absolute atomic E-state index is 0.0192. The molecule has 9 heteroatoms. The average Bonchev–Trinajstić information content (AvgIpc) is 3.29. The second-order valence-corrected chi connectivity index (χ2v) is 7.18.